The third kappa shape index (κ3) is 7.21. The maximum atomic E-state index is 12.6. The van der Waals surface area contributed by atoms with Gasteiger partial charge in [-0.1, -0.05) is 30.3 Å². The molecule has 0 heterocycles. The van der Waals surface area contributed by atoms with E-state index in [0.717, 1.165) is 5.56 Å². The number of rotatable bonds is 11. The van der Waals surface area contributed by atoms with Crippen LogP contribution in [0.1, 0.15) is 21.5 Å². The number of methoxy groups -OCH3 is 2. The normalized spacial score (nSPS) is 10.6. The van der Waals surface area contributed by atoms with Gasteiger partial charge in [0.1, 0.15) is 6.61 Å². The molecule has 3 rings (SSSR count). The summed E-state index contributed by atoms with van der Waals surface area (Å²) < 4.78 is 22.2. The molecule has 2 N–H and O–H groups in total. The Morgan fingerprint density at radius 3 is 2.40 bits per heavy atom. The van der Waals surface area contributed by atoms with Crippen LogP contribution in [-0.2, 0) is 11.4 Å². The Labute approximate surface area is 210 Å². The number of carboxylic acid groups (broad SMARTS) is 1. The Hall–Kier alpha value is -4.05. The number of benzene rings is 3. The fourth-order valence-electron chi connectivity index (χ4n) is 2.98. The van der Waals surface area contributed by atoms with Crippen LogP contribution >= 0.6 is 15.9 Å². The molecular weight excluding hydrogens is 520 g/mol. The van der Waals surface area contributed by atoms with E-state index in [1.165, 1.54) is 20.4 Å². The van der Waals surface area contributed by atoms with Gasteiger partial charge >= 0.3 is 5.97 Å². The maximum Gasteiger partial charge on any atom is 0.341 e. The smallest absolute Gasteiger partial charge is 0.341 e. The zero-order valence-electron chi connectivity index (χ0n) is 19.0. The van der Waals surface area contributed by atoms with Crippen molar-refractivity contribution in [2.24, 2.45) is 5.10 Å². The summed E-state index contributed by atoms with van der Waals surface area (Å²) in [5.74, 6) is -0.0648. The first kappa shape index (κ1) is 25.6. The lowest BCUT2D eigenvalue weighted by Crippen LogP contribution is -2.17. The molecule has 0 saturated heterocycles. The Kier molecular flexibility index (Phi) is 9.08. The number of nitrogens with one attached hydrogen (secondary N) is 1. The topological polar surface area (TPSA) is 116 Å². The lowest BCUT2D eigenvalue weighted by Gasteiger charge is -2.12. The van der Waals surface area contributed by atoms with Crippen LogP contribution in [0.5, 0.6) is 23.0 Å². The number of amides is 1. The first-order valence-corrected chi connectivity index (χ1v) is 11.1. The van der Waals surface area contributed by atoms with E-state index >= 15 is 0 Å². The maximum absolute atomic E-state index is 12.6. The Morgan fingerprint density at radius 1 is 0.971 bits per heavy atom. The van der Waals surface area contributed by atoms with Crippen molar-refractivity contribution in [2.75, 3.05) is 20.8 Å². The first-order chi connectivity index (χ1) is 16.9. The number of hydrogen-bond acceptors (Lipinski definition) is 7. The van der Waals surface area contributed by atoms with Gasteiger partial charge in [0.25, 0.3) is 5.91 Å². The molecule has 3 aromatic rings. The van der Waals surface area contributed by atoms with Crippen molar-refractivity contribution in [2.45, 2.75) is 6.61 Å². The van der Waals surface area contributed by atoms with Crippen LogP contribution in [0.15, 0.2) is 70.2 Å². The number of halogens is 1. The van der Waals surface area contributed by atoms with Gasteiger partial charge in [-0.05, 0) is 57.4 Å². The molecule has 0 aliphatic rings. The number of carbonyl (C=O) groups excluding carboxylic acids is 1. The monoisotopic (exact) mass is 542 g/mol. The average Bonchev–Trinajstić information content (AvgIpc) is 2.86. The highest BCUT2D eigenvalue weighted by molar-refractivity contribution is 9.10. The molecule has 3 aromatic carbocycles. The highest BCUT2D eigenvalue weighted by Crippen LogP contribution is 2.36. The molecule has 0 aliphatic carbocycles. The highest BCUT2D eigenvalue weighted by atomic mass is 79.9. The minimum Gasteiger partial charge on any atom is -0.493 e. The zero-order chi connectivity index (χ0) is 25.2. The Morgan fingerprint density at radius 2 is 1.71 bits per heavy atom. The van der Waals surface area contributed by atoms with Gasteiger partial charge < -0.3 is 24.1 Å². The summed E-state index contributed by atoms with van der Waals surface area (Å²) in [7, 11) is 2.93. The van der Waals surface area contributed by atoms with Crippen LogP contribution in [0.4, 0.5) is 0 Å². The molecule has 0 aliphatic heterocycles. The second-order valence-corrected chi connectivity index (χ2v) is 7.91. The van der Waals surface area contributed by atoms with Crippen LogP contribution in [0.2, 0.25) is 0 Å². The quantitative estimate of drug-likeness (QED) is 0.274. The van der Waals surface area contributed by atoms with Gasteiger partial charge in [0.05, 0.1) is 24.9 Å². The van der Waals surface area contributed by atoms with E-state index in [9.17, 15) is 9.59 Å². The van der Waals surface area contributed by atoms with E-state index in [1.54, 1.807) is 30.3 Å². The van der Waals surface area contributed by atoms with Crippen LogP contribution in [0.3, 0.4) is 0 Å². The summed E-state index contributed by atoms with van der Waals surface area (Å²) in [6.07, 6.45) is 1.42. The Balaban J connectivity index is 1.65. The van der Waals surface area contributed by atoms with Crippen LogP contribution < -0.4 is 24.4 Å². The van der Waals surface area contributed by atoms with Gasteiger partial charge in [0, 0.05) is 5.56 Å². The van der Waals surface area contributed by atoms with Crippen LogP contribution in [0, 0.1) is 0 Å². The summed E-state index contributed by atoms with van der Waals surface area (Å²) in [6.45, 7) is -0.149. The minimum atomic E-state index is -1.11. The average molecular weight is 543 g/mol. The summed E-state index contributed by atoms with van der Waals surface area (Å²) in [5, 5.41) is 12.8. The molecule has 10 heteroatoms. The third-order valence-corrected chi connectivity index (χ3v) is 5.22. The van der Waals surface area contributed by atoms with E-state index in [4.69, 9.17) is 24.1 Å². The second kappa shape index (κ2) is 12.4. The number of carboxylic acids is 1. The second-order valence-electron chi connectivity index (χ2n) is 7.06. The van der Waals surface area contributed by atoms with Crippen LogP contribution in [-0.4, -0.2) is 44.0 Å². The van der Waals surface area contributed by atoms with E-state index in [2.05, 4.69) is 26.5 Å². The number of hydrogen-bond donors (Lipinski definition) is 2. The third-order valence-electron chi connectivity index (χ3n) is 4.63. The van der Waals surface area contributed by atoms with Crippen molar-refractivity contribution in [1.29, 1.82) is 0 Å². The fourth-order valence-corrected chi connectivity index (χ4v) is 3.56. The lowest BCUT2D eigenvalue weighted by molar-refractivity contribution is -0.139. The molecule has 1 amide bonds. The molecule has 0 atom stereocenters. The van der Waals surface area contributed by atoms with Gasteiger partial charge in [0.15, 0.2) is 29.6 Å². The van der Waals surface area contributed by atoms with Crippen molar-refractivity contribution >= 4 is 34.0 Å². The minimum absolute atomic E-state index is 0.248. The molecule has 35 heavy (non-hydrogen) atoms. The Bertz CT molecular complexity index is 1220. The van der Waals surface area contributed by atoms with Gasteiger partial charge in [-0.25, -0.2) is 10.2 Å². The number of nitrogens with zero attached hydrogens (tertiary/aromatic N) is 1. The summed E-state index contributed by atoms with van der Waals surface area (Å²) in [4.78, 5) is 23.3. The predicted octanol–water partition coefficient (Wildman–Crippen LogP) is 4.27. The van der Waals surface area contributed by atoms with Gasteiger partial charge in [-0.3, -0.25) is 4.79 Å². The van der Waals surface area contributed by atoms with Crippen molar-refractivity contribution in [3.63, 3.8) is 0 Å². The summed E-state index contributed by atoms with van der Waals surface area (Å²) >= 11 is 3.32. The van der Waals surface area contributed by atoms with Crippen molar-refractivity contribution in [3.05, 3.63) is 81.8 Å². The molecule has 0 radical (unpaired) electrons. The molecule has 0 saturated carbocycles. The van der Waals surface area contributed by atoms with Gasteiger partial charge in [0.2, 0.25) is 0 Å². The molecular formula is C25H23BrN2O7. The van der Waals surface area contributed by atoms with E-state index in [0.29, 0.717) is 39.5 Å². The molecule has 0 bridgehead atoms. The number of hydrazone groups is 1. The van der Waals surface area contributed by atoms with E-state index in [1.807, 2.05) is 30.3 Å². The highest BCUT2D eigenvalue weighted by Gasteiger charge is 2.14. The molecule has 0 aromatic heterocycles. The first-order valence-electron chi connectivity index (χ1n) is 10.3. The fraction of sp³-hybridized carbons (Fsp3) is 0.160. The lowest BCUT2D eigenvalue weighted by atomic mass is 10.2. The zero-order valence-corrected chi connectivity index (χ0v) is 20.6. The molecule has 0 fully saturated rings. The van der Waals surface area contributed by atoms with Crippen LogP contribution in [0.25, 0.3) is 0 Å². The molecule has 0 unspecified atom stereocenters. The summed E-state index contributed by atoms with van der Waals surface area (Å²) in [6, 6.07) is 17.8. The SMILES string of the molecule is COc1cc(C(=O)N/N=C/c2cc(Br)c(OCC(=O)O)c(OC)c2)ccc1OCc1ccccc1. The number of aliphatic carboxylic acids is 1. The van der Waals surface area contributed by atoms with E-state index in [-0.39, 0.29) is 5.75 Å². The largest absolute Gasteiger partial charge is 0.493 e. The number of ether oxygens (including phenoxy) is 4. The number of carbonyl (C=O) groups is 2. The molecule has 9 nitrogen and oxygen atoms in total. The van der Waals surface area contributed by atoms with E-state index < -0.39 is 18.5 Å². The molecule has 182 valence electrons. The summed E-state index contributed by atoms with van der Waals surface area (Å²) in [5.41, 5.74) is 4.38. The standard InChI is InChI=1S/C25H23BrN2O7/c1-32-21-12-18(8-9-20(21)34-14-16-6-4-3-5-7-16)25(31)28-27-13-17-10-19(26)24(22(11-17)33-2)35-15-23(29)30/h3-13H,14-15H2,1-2H3,(H,28,31)(H,29,30)/b27-13+. The van der Waals surface area contributed by atoms with Crippen molar-refractivity contribution < 1.29 is 33.6 Å². The predicted molar refractivity (Wildman–Crippen MR) is 133 cm³/mol. The van der Waals surface area contributed by atoms with Crippen molar-refractivity contribution in [1.82, 2.24) is 5.43 Å². The van der Waals surface area contributed by atoms with Crippen molar-refractivity contribution in [3.8, 4) is 23.0 Å². The van der Waals surface area contributed by atoms with Gasteiger partial charge in [-0.15, -0.1) is 0 Å². The van der Waals surface area contributed by atoms with Gasteiger partial charge in [-0.2, -0.15) is 5.10 Å². The molecule has 0 spiro atoms.